The van der Waals surface area contributed by atoms with E-state index >= 15 is 0 Å². The van der Waals surface area contributed by atoms with Crippen molar-refractivity contribution < 1.29 is 24.9 Å². The lowest BCUT2D eigenvalue weighted by atomic mass is 10.00. The quantitative estimate of drug-likeness (QED) is 0.617. The van der Waals surface area contributed by atoms with Crippen LogP contribution in [-0.2, 0) is 11.2 Å². The number of carbonyl (C=O) groups is 1. The number of benzene rings is 1. The molecule has 5 nitrogen and oxygen atoms in total. The molecule has 0 aliphatic carbocycles. The molecule has 124 valence electrons. The predicted molar refractivity (Wildman–Crippen MR) is 84.1 cm³/mol. The number of methoxy groups -OCH3 is 1. The molecule has 0 radical (unpaired) electrons. The van der Waals surface area contributed by atoms with Crippen LogP contribution in [0.25, 0.3) is 0 Å². The van der Waals surface area contributed by atoms with E-state index in [1.807, 2.05) is 6.92 Å². The van der Waals surface area contributed by atoms with E-state index in [9.17, 15) is 20.1 Å². The van der Waals surface area contributed by atoms with E-state index in [2.05, 4.69) is 0 Å². The maximum atomic E-state index is 11.9. The maximum Gasteiger partial charge on any atom is 0.160 e. The molecule has 0 aromatic heterocycles. The van der Waals surface area contributed by atoms with Crippen LogP contribution >= 0.6 is 0 Å². The minimum atomic E-state index is -0.789. The number of hydrogen-bond donors (Lipinski definition) is 3. The lowest BCUT2D eigenvalue weighted by Gasteiger charge is -2.14. The number of aliphatic hydroxyl groups is 2. The van der Waals surface area contributed by atoms with Gasteiger partial charge in [0.05, 0.1) is 19.3 Å². The highest BCUT2D eigenvalue weighted by Gasteiger charge is 2.15. The molecule has 0 bridgehead atoms. The minimum absolute atomic E-state index is 0.0387. The maximum absolute atomic E-state index is 11.9. The molecule has 0 saturated carbocycles. The van der Waals surface area contributed by atoms with Crippen molar-refractivity contribution in [2.75, 3.05) is 7.11 Å². The Bertz CT molecular complexity index is 472. The van der Waals surface area contributed by atoms with Gasteiger partial charge in [0.15, 0.2) is 11.5 Å². The van der Waals surface area contributed by atoms with E-state index in [-0.39, 0.29) is 24.4 Å². The van der Waals surface area contributed by atoms with Crippen molar-refractivity contribution in [1.82, 2.24) is 0 Å². The molecule has 1 rings (SSSR count). The number of aryl methyl sites for hydroxylation is 1. The monoisotopic (exact) mass is 310 g/mol. The minimum Gasteiger partial charge on any atom is -0.504 e. The fourth-order valence-corrected chi connectivity index (χ4v) is 2.37. The summed E-state index contributed by atoms with van der Waals surface area (Å²) >= 11 is 0. The van der Waals surface area contributed by atoms with Crippen molar-refractivity contribution in [3.05, 3.63) is 23.8 Å². The van der Waals surface area contributed by atoms with Crippen molar-refractivity contribution in [1.29, 1.82) is 0 Å². The summed E-state index contributed by atoms with van der Waals surface area (Å²) in [6, 6.07) is 4.98. The number of rotatable bonds is 10. The fourth-order valence-electron chi connectivity index (χ4n) is 2.37. The molecule has 22 heavy (non-hydrogen) atoms. The Morgan fingerprint density at radius 1 is 1.27 bits per heavy atom. The van der Waals surface area contributed by atoms with Crippen LogP contribution in [0.1, 0.15) is 44.6 Å². The molecule has 0 amide bonds. The second-order valence-corrected chi connectivity index (χ2v) is 5.58. The van der Waals surface area contributed by atoms with Crippen LogP contribution in [0.5, 0.6) is 11.5 Å². The molecular formula is C17H26O5. The Kier molecular flexibility index (Phi) is 7.91. The summed E-state index contributed by atoms with van der Waals surface area (Å²) in [5.41, 5.74) is 0.892. The SMILES string of the molecule is CCC[C@H](O)C[C@@H](O)CC(=O)CCc1ccc(O)c(OC)c1. The van der Waals surface area contributed by atoms with E-state index in [0.29, 0.717) is 25.0 Å². The van der Waals surface area contributed by atoms with Crippen LogP contribution in [0.3, 0.4) is 0 Å². The second-order valence-electron chi connectivity index (χ2n) is 5.58. The molecule has 3 N–H and O–H groups in total. The second kappa shape index (κ2) is 9.43. The van der Waals surface area contributed by atoms with E-state index in [1.54, 1.807) is 12.1 Å². The molecule has 5 heteroatoms. The van der Waals surface area contributed by atoms with Gasteiger partial charge in [0.2, 0.25) is 0 Å². The molecule has 0 aliphatic rings. The van der Waals surface area contributed by atoms with E-state index in [1.165, 1.54) is 13.2 Å². The van der Waals surface area contributed by atoms with Gasteiger partial charge in [0.1, 0.15) is 5.78 Å². The number of phenols is 1. The first kappa shape index (κ1) is 18.5. The number of aliphatic hydroxyl groups excluding tert-OH is 2. The van der Waals surface area contributed by atoms with E-state index in [0.717, 1.165) is 12.0 Å². The summed E-state index contributed by atoms with van der Waals surface area (Å²) in [7, 11) is 1.47. The number of hydrogen-bond acceptors (Lipinski definition) is 5. The van der Waals surface area contributed by atoms with Gasteiger partial charge >= 0.3 is 0 Å². The first-order chi connectivity index (χ1) is 10.5. The Morgan fingerprint density at radius 2 is 2.00 bits per heavy atom. The van der Waals surface area contributed by atoms with Crippen LogP contribution in [0.2, 0.25) is 0 Å². The summed E-state index contributed by atoms with van der Waals surface area (Å²) in [6.07, 6.45) is 1.30. The molecule has 0 aliphatic heterocycles. The molecule has 1 aromatic rings. The van der Waals surface area contributed by atoms with Gasteiger partial charge in [0, 0.05) is 12.8 Å². The fraction of sp³-hybridized carbons (Fsp3) is 0.588. The summed E-state index contributed by atoms with van der Waals surface area (Å²) in [4.78, 5) is 11.9. The normalized spacial score (nSPS) is 13.6. The molecule has 0 unspecified atom stereocenters. The number of ether oxygens (including phenoxy) is 1. The van der Waals surface area contributed by atoms with Crippen molar-refractivity contribution in [3.8, 4) is 11.5 Å². The highest BCUT2D eigenvalue weighted by atomic mass is 16.5. The van der Waals surface area contributed by atoms with Gasteiger partial charge in [-0.2, -0.15) is 0 Å². The van der Waals surface area contributed by atoms with Gasteiger partial charge in [-0.05, 0) is 37.0 Å². The zero-order valence-electron chi connectivity index (χ0n) is 13.3. The van der Waals surface area contributed by atoms with Crippen molar-refractivity contribution in [2.24, 2.45) is 0 Å². The van der Waals surface area contributed by atoms with Gasteiger partial charge in [-0.25, -0.2) is 0 Å². The Morgan fingerprint density at radius 3 is 2.64 bits per heavy atom. The molecule has 0 spiro atoms. The van der Waals surface area contributed by atoms with Gasteiger partial charge in [0.25, 0.3) is 0 Å². The third-order valence-electron chi connectivity index (χ3n) is 3.57. The van der Waals surface area contributed by atoms with Crippen LogP contribution < -0.4 is 4.74 Å². The highest BCUT2D eigenvalue weighted by molar-refractivity contribution is 5.79. The Balaban J connectivity index is 2.39. The molecule has 0 saturated heterocycles. The first-order valence-corrected chi connectivity index (χ1v) is 7.70. The summed E-state index contributed by atoms with van der Waals surface area (Å²) in [6.45, 7) is 1.96. The third kappa shape index (κ3) is 6.45. The molecule has 2 atom stereocenters. The first-order valence-electron chi connectivity index (χ1n) is 7.70. The number of carbonyl (C=O) groups excluding carboxylic acids is 1. The predicted octanol–water partition coefficient (Wildman–Crippen LogP) is 2.20. The van der Waals surface area contributed by atoms with Crippen molar-refractivity contribution in [3.63, 3.8) is 0 Å². The Hall–Kier alpha value is -1.59. The van der Waals surface area contributed by atoms with Crippen LogP contribution in [-0.4, -0.2) is 40.4 Å². The molecule has 0 heterocycles. The van der Waals surface area contributed by atoms with Crippen molar-refractivity contribution in [2.45, 2.75) is 57.7 Å². The zero-order chi connectivity index (χ0) is 16.5. The molecular weight excluding hydrogens is 284 g/mol. The van der Waals surface area contributed by atoms with Crippen LogP contribution in [0, 0.1) is 0 Å². The summed E-state index contributed by atoms with van der Waals surface area (Å²) in [5.74, 6) is 0.411. The van der Waals surface area contributed by atoms with E-state index in [4.69, 9.17) is 4.74 Å². The zero-order valence-corrected chi connectivity index (χ0v) is 13.3. The summed E-state index contributed by atoms with van der Waals surface area (Å²) in [5, 5.41) is 28.9. The van der Waals surface area contributed by atoms with E-state index < -0.39 is 12.2 Å². The van der Waals surface area contributed by atoms with Crippen molar-refractivity contribution >= 4 is 5.78 Å². The average Bonchev–Trinajstić information content (AvgIpc) is 2.46. The van der Waals surface area contributed by atoms with Gasteiger partial charge in [-0.1, -0.05) is 19.4 Å². The van der Waals surface area contributed by atoms with Gasteiger partial charge < -0.3 is 20.1 Å². The standard InChI is InChI=1S/C17H26O5/c1-3-4-13(18)10-15(20)11-14(19)7-5-12-6-8-16(21)17(9-12)22-2/h6,8-9,13,15,18,20-21H,3-5,7,10-11H2,1-2H3/t13-,15+/m0/s1. The molecule has 1 aromatic carbocycles. The summed E-state index contributed by atoms with van der Waals surface area (Å²) < 4.78 is 5.02. The lowest BCUT2D eigenvalue weighted by Crippen LogP contribution is -2.20. The average molecular weight is 310 g/mol. The highest BCUT2D eigenvalue weighted by Crippen LogP contribution is 2.26. The molecule has 0 fully saturated rings. The van der Waals surface area contributed by atoms with Crippen LogP contribution in [0.4, 0.5) is 0 Å². The number of ketones is 1. The Labute approximate surface area is 131 Å². The number of aromatic hydroxyl groups is 1. The van der Waals surface area contributed by atoms with Crippen LogP contribution in [0.15, 0.2) is 18.2 Å². The lowest BCUT2D eigenvalue weighted by molar-refractivity contribution is -0.121. The smallest absolute Gasteiger partial charge is 0.160 e. The largest absolute Gasteiger partial charge is 0.504 e. The third-order valence-corrected chi connectivity index (χ3v) is 3.57. The van der Waals surface area contributed by atoms with Gasteiger partial charge in [-0.3, -0.25) is 4.79 Å². The van der Waals surface area contributed by atoms with Gasteiger partial charge in [-0.15, -0.1) is 0 Å². The number of Topliss-reactive ketones (excluding diaryl/α,β-unsaturated/α-hetero) is 1. The topological polar surface area (TPSA) is 87.0 Å². The number of phenolic OH excluding ortho intramolecular Hbond substituents is 1.